The maximum absolute atomic E-state index is 14.7. The number of nitrogens with zero attached hydrogens (tertiary/aromatic N) is 2. The summed E-state index contributed by atoms with van der Waals surface area (Å²) >= 11 is -1.27. The Morgan fingerprint density at radius 1 is 1.38 bits per heavy atom. The molecule has 2 unspecified atom stereocenters. The third-order valence-corrected chi connectivity index (χ3v) is 6.43. The Hall–Kier alpha value is -1.44. The van der Waals surface area contributed by atoms with Crippen LogP contribution >= 0.6 is 0 Å². The van der Waals surface area contributed by atoms with E-state index in [1.165, 1.54) is 4.57 Å². The molecular weight excluding hydrogens is 353 g/mol. The van der Waals surface area contributed by atoms with Crippen molar-refractivity contribution in [3.05, 3.63) is 39.4 Å². The first-order valence-corrected chi connectivity index (χ1v) is 9.98. The molecule has 1 N–H and O–H groups in total. The summed E-state index contributed by atoms with van der Waals surface area (Å²) in [6, 6.07) is 3.41. The van der Waals surface area contributed by atoms with E-state index in [0.717, 1.165) is 11.1 Å². The van der Waals surface area contributed by atoms with E-state index in [2.05, 4.69) is 9.71 Å². The largest absolute Gasteiger partial charge is 0.598 e. The Morgan fingerprint density at radius 3 is 2.54 bits per heavy atom. The highest BCUT2D eigenvalue weighted by atomic mass is 32.2. The predicted octanol–water partition coefficient (Wildman–Crippen LogP) is 3.31. The standard InChI is InChI=1S/C19H26FN3O2S/c1-11-9-13(12(2)22-26(25)18(3,4)5)15-14(10-11)16(24)23(6)17(21-15)19(20)7-8-19/h9-10,12,22H,7-8H2,1-6H3. The van der Waals surface area contributed by atoms with Crippen LogP contribution in [0.1, 0.15) is 63.5 Å². The fourth-order valence-electron chi connectivity index (χ4n) is 3.02. The molecule has 2 aromatic rings. The third-order valence-electron chi connectivity index (χ3n) is 4.75. The van der Waals surface area contributed by atoms with Crippen LogP contribution < -0.4 is 10.3 Å². The van der Waals surface area contributed by atoms with Crippen LogP contribution in [0.25, 0.3) is 10.9 Å². The zero-order valence-electron chi connectivity index (χ0n) is 16.1. The highest BCUT2D eigenvalue weighted by Gasteiger charge is 2.48. The van der Waals surface area contributed by atoms with Crippen LogP contribution in [0.4, 0.5) is 4.39 Å². The minimum Gasteiger partial charge on any atom is -0.598 e. The normalized spacial score (nSPS) is 18.8. The number of hydrogen-bond donors (Lipinski definition) is 1. The number of halogens is 1. The van der Waals surface area contributed by atoms with Gasteiger partial charge in [-0.3, -0.25) is 9.36 Å². The van der Waals surface area contributed by atoms with E-state index in [-0.39, 0.29) is 17.4 Å². The van der Waals surface area contributed by atoms with Crippen LogP contribution in [0.5, 0.6) is 0 Å². The molecule has 0 amide bonds. The van der Waals surface area contributed by atoms with Crippen molar-refractivity contribution in [1.29, 1.82) is 0 Å². The van der Waals surface area contributed by atoms with E-state index >= 15 is 0 Å². The lowest BCUT2D eigenvalue weighted by Crippen LogP contribution is -2.40. The van der Waals surface area contributed by atoms with Gasteiger partial charge in [0.25, 0.3) is 5.56 Å². The number of rotatable bonds is 4. The van der Waals surface area contributed by atoms with Gasteiger partial charge in [-0.2, -0.15) is 0 Å². The Balaban J connectivity index is 2.16. The zero-order valence-corrected chi connectivity index (χ0v) is 17.0. The minimum atomic E-state index is -1.50. The van der Waals surface area contributed by atoms with Crippen molar-refractivity contribution < 1.29 is 8.94 Å². The van der Waals surface area contributed by atoms with Gasteiger partial charge in [-0.1, -0.05) is 6.07 Å². The first-order chi connectivity index (χ1) is 11.9. The van der Waals surface area contributed by atoms with E-state index < -0.39 is 21.8 Å². The summed E-state index contributed by atoms with van der Waals surface area (Å²) in [4.78, 5) is 17.4. The Labute approximate surface area is 156 Å². The number of aryl methyl sites for hydroxylation is 1. The summed E-state index contributed by atoms with van der Waals surface area (Å²) in [6.45, 7) is 9.47. The molecule has 0 aliphatic heterocycles. The van der Waals surface area contributed by atoms with Gasteiger partial charge in [0, 0.05) is 24.0 Å². The van der Waals surface area contributed by atoms with E-state index in [9.17, 15) is 13.7 Å². The summed E-state index contributed by atoms with van der Waals surface area (Å²) in [6.07, 6.45) is 0.781. The lowest BCUT2D eigenvalue weighted by atomic mass is 10.0. The Morgan fingerprint density at radius 2 is 2.00 bits per heavy atom. The van der Waals surface area contributed by atoms with Gasteiger partial charge in [-0.15, -0.1) is 4.72 Å². The average molecular weight is 380 g/mol. The maximum Gasteiger partial charge on any atom is 0.261 e. The van der Waals surface area contributed by atoms with Gasteiger partial charge in [-0.05, 0) is 59.1 Å². The van der Waals surface area contributed by atoms with Crippen LogP contribution in [0, 0.1) is 6.92 Å². The molecule has 5 nitrogen and oxygen atoms in total. The summed E-state index contributed by atoms with van der Waals surface area (Å²) in [5, 5.41) is 0.464. The number of benzene rings is 1. The highest BCUT2D eigenvalue weighted by Crippen LogP contribution is 2.48. The summed E-state index contributed by atoms with van der Waals surface area (Å²) in [5.41, 5.74) is 0.415. The van der Waals surface area contributed by atoms with Crippen LogP contribution in [0.2, 0.25) is 0 Å². The van der Waals surface area contributed by atoms with Gasteiger partial charge in [0.2, 0.25) is 0 Å². The highest BCUT2D eigenvalue weighted by molar-refractivity contribution is 7.90. The number of fused-ring (bicyclic) bond motifs is 1. The van der Waals surface area contributed by atoms with Gasteiger partial charge in [0.1, 0.15) is 10.6 Å². The lowest BCUT2D eigenvalue weighted by molar-refractivity contribution is 0.290. The maximum atomic E-state index is 14.7. The molecule has 0 radical (unpaired) electrons. The monoisotopic (exact) mass is 379 g/mol. The zero-order chi connectivity index (χ0) is 19.4. The van der Waals surface area contributed by atoms with Crippen molar-refractivity contribution in [3.8, 4) is 0 Å². The fraction of sp³-hybridized carbons (Fsp3) is 0.579. The molecule has 0 bridgehead atoms. The van der Waals surface area contributed by atoms with Gasteiger partial charge >= 0.3 is 0 Å². The molecule has 1 aliphatic carbocycles. The molecule has 1 aromatic heterocycles. The van der Waals surface area contributed by atoms with Crippen molar-refractivity contribution >= 4 is 22.3 Å². The Kier molecular flexibility index (Phi) is 4.70. The van der Waals surface area contributed by atoms with Crippen molar-refractivity contribution in [2.75, 3.05) is 0 Å². The summed E-state index contributed by atoms with van der Waals surface area (Å²) in [7, 11) is 1.57. The first kappa shape index (κ1) is 19.3. The second-order valence-electron chi connectivity index (χ2n) is 8.24. The number of hydrogen-bond acceptors (Lipinski definition) is 4. The smallest absolute Gasteiger partial charge is 0.261 e. The molecule has 1 fully saturated rings. The van der Waals surface area contributed by atoms with Crippen LogP contribution in [0.3, 0.4) is 0 Å². The van der Waals surface area contributed by atoms with Crippen molar-refractivity contribution in [1.82, 2.24) is 14.3 Å². The van der Waals surface area contributed by atoms with E-state index in [1.54, 1.807) is 13.1 Å². The van der Waals surface area contributed by atoms with Crippen molar-refractivity contribution in [3.63, 3.8) is 0 Å². The summed E-state index contributed by atoms with van der Waals surface area (Å²) < 4.78 is 31.2. The number of alkyl halides is 1. The third kappa shape index (κ3) is 3.40. The van der Waals surface area contributed by atoms with E-state index in [0.29, 0.717) is 23.7 Å². The van der Waals surface area contributed by atoms with Crippen molar-refractivity contribution in [2.24, 2.45) is 7.05 Å². The average Bonchev–Trinajstić information content (AvgIpc) is 3.28. The molecule has 1 aliphatic rings. The molecule has 0 saturated heterocycles. The molecule has 1 saturated carbocycles. The van der Waals surface area contributed by atoms with Gasteiger partial charge in [0.15, 0.2) is 5.67 Å². The Bertz CT molecular complexity index is 916. The van der Waals surface area contributed by atoms with Crippen LogP contribution in [-0.2, 0) is 24.1 Å². The molecule has 7 heteroatoms. The van der Waals surface area contributed by atoms with Crippen LogP contribution in [0.15, 0.2) is 16.9 Å². The fourth-order valence-corrected chi connectivity index (χ4v) is 3.82. The van der Waals surface area contributed by atoms with Crippen LogP contribution in [-0.4, -0.2) is 18.9 Å². The molecule has 142 valence electrons. The van der Waals surface area contributed by atoms with Gasteiger partial charge in [-0.25, -0.2) is 9.37 Å². The molecule has 0 spiro atoms. The lowest BCUT2D eigenvalue weighted by Gasteiger charge is -2.27. The minimum absolute atomic E-state index is 0.184. The molecular formula is C19H26FN3O2S. The second kappa shape index (κ2) is 6.32. The topological polar surface area (TPSA) is 70.0 Å². The quantitative estimate of drug-likeness (QED) is 0.828. The molecule has 1 heterocycles. The van der Waals surface area contributed by atoms with E-state index in [4.69, 9.17) is 0 Å². The molecule has 26 heavy (non-hydrogen) atoms. The summed E-state index contributed by atoms with van der Waals surface area (Å²) in [5.74, 6) is 0.184. The molecule has 1 aromatic carbocycles. The number of nitrogens with one attached hydrogen (secondary N) is 1. The van der Waals surface area contributed by atoms with Gasteiger partial charge in [0.05, 0.1) is 16.9 Å². The van der Waals surface area contributed by atoms with E-state index in [1.807, 2.05) is 40.7 Å². The second-order valence-corrected chi connectivity index (χ2v) is 10.2. The van der Waals surface area contributed by atoms with Gasteiger partial charge < -0.3 is 4.55 Å². The molecule has 3 rings (SSSR count). The predicted molar refractivity (Wildman–Crippen MR) is 103 cm³/mol. The van der Waals surface area contributed by atoms with Crippen molar-refractivity contribution in [2.45, 2.75) is 63.9 Å². The SMILES string of the molecule is Cc1cc(C(C)N[S+]([O-])C(C)(C)C)c2nc(C3(F)CC3)n(C)c(=O)c2c1. The molecule has 2 atom stereocenters. The first-order valence-electron chi connectivity index (χ1n) is 8.83. The number of aromatic nitrogens is 2.